The summed E-state index contributed by atoms with van der Waals surface area (Å²) in [5, 5.41) is 6.04. The Morgan fingerprint density at radius 3 is 2.34 bits per heavy atom. The van der Waals surface area contributed by atoms with E-state index >= 15 is 0 Å². The van der Waals surface area contributed by atoms with Crippen molar-refractivity contribution < 1.29 is 23.8 Å². The number of benzene rings is 1. The SMILES string of the molecule is CCOc1ccc(NC(=O)CN(C)CC(=O)NCC2(N3CCOCC3)CCCCC2)cc1OCC. The second kappa shape index (κ2) is 13.7. The van der Waals surface area contributed by atoms with Crippen molar-refractivity contribution in [2.45, 2.75) is 51.5 Å². The van der Waals surface area contributed by atoms with E-state index < -0.39 is 0 Å². The molecule has 1 saturated carbocycles. The first-order valence-corrected chi connectivity index (χ1v) is 12.9. The first-order valence-electron chi connectivity index (χ1n) is 12.9. The molecular weight excluding hydrogens is 448 g/mol. The Kier molecular flexibility index (Phi) is 10.6. The maximum atomic E-state index is 12.7. The summed E-state index contributed by atoms with van der Waals surface area (Å²) in [7, 11) is 1.78. The number of anilines is 1. The third kappa shape index (κ3) is 8.08. The Labute approximate surface area is 209 Å². The third-order valence-corrected chi connectivity index (χ3v) is 6.73. The van der Waals surface area contributed by atoms with Crippen LogP contribution in [0.15, 0.2) is 18.2 Å². The lowest BCUT2D eigenvalue weighted by molar-refractivity contribution is -0.124. The van der Waals surface area contributed by atoms with Crippen LogP contribution in [0.25, 0.3) is 0 Å². The standard InChI is InChI=1S/C26H42N4O5/c1-4-34-22-10-9-21(17-23(22)35-5-2)28-25(32)19-29(3)18-24(31)27-20-26(11-7-6-8-12-26)30-13-15-33-16-14-30/h9-10,17H,4-8,11-16,18-20H2,1-3H3,(H,27,31)(H,28,32). The monoisotopic (exact) mass is 490 g/mol. The molecule has 0 radical (unpaired) electrons. The van der Waals surface area contributed by atoms with Crippen LogP contribution in [0.4, 0.5) is 5.69 Å². The number of carbonyl (C=O) groups excluding carboxylic acids is 2. The Hall–Kier alpha value is -2.36. The zero-order chi connectivity index (χ0) is 25.1. The van der Waals surface area contributed by atoms with Gasteiger partial charge >= 0.3 is 0 Å². The van der Waals surface area contributed by atoms with Gasteiger partial charge in [0.2, 0.25) is 11.8 Å². The van der Waals surface area contributed by atoms with Crippen molar-refractivity contribution in [3.05, 3.63) is 18.2 Å². The topological polar surface area (TPSA) is 92.4 Å². The van der Waals surface area contributed by atoms with Gasteiger partial charge in [-0.15, -0.1) is 0 Å². The predicted octanol–water partition coefficient (Wildman–Crippen LogP) is 2.51. The summed E-state index contributed by atoms with van der Waals surface area (Å²) in [5.41, 5.74) is 0.657. The number of carbonyl (C=O) groups is 2. The number of hydrogen-bond acceptors (Lipinski definition) is 7. The average molecular weight is 491 g/mol. The first-order chi connectivity index (χ1) is 17.0. The minimum atomic E-state index is -0.191. The summed E-state index contributed by atoms with van der Waals surface area (Å²) in [6, 6.07) is 5.33. The molecule has 35 heavy (non-hydrogen) atoms. The number of amides is 2. The lowest BCUT2D eigenvalue weighted by Gasteiger charge is -2.48. The van der Waals surface area contributed by atoms with E-state index in [1.54, 1.807) is 30.1 Å². The molecule has 196 valence electrons. The number of rotatable bonds is 12. The van der Waals surface area contributed by atoms with Crippen molar-refractivity contribution in [1.82, 2.24) is 15.1 Å². The van der Waals surface area contributed by atoms with Gasteiger partial charge in [0, 0.05) is 36.9 Å². The van der Waals surface area contributed by atoms with Crippen LogP contribution in [0.2, 0.25) is 0 Å². The van der Waals surface area contributed by atoms with Crippen LogP contribution in [0.5, 0.6) is 11.5 Å². The normalized spacial score (nSPS) is 18.2. The fourth-order valence-corrected chi connectivity index (χ4v) is 5.05. The highest BCUT2D eigenvalue weighted by atomic mass is 16.5. The van der Waals surface area contributed by atoms with E-state index in [-0.39, 0.29) is 30.4 Å². The number of nitrogens with zero attached hydrogens (tertiary/aromatic N) is 2. The van der Waals surface area contributed by atoms with Gasteiger partial charge in [-0.3, -0.25) is 19.4 Å². The summed E-state index contributed by atoms with van der Waals surface area (Å²) >= 11 is 0. The number of morpholine rings is 1. The number of hydrogen-bond donors (Lipinski definition) is 2. The molecule has 1 aromatic carbocycles. The number of ether oxygens (including phenoxy) is 3. The third-order valence-electron chi connectivity index (χ3n) is 6.73. The van der Waals surface area contributed by atoms with Gasteiger partial charge < -0.3 is 24.8 Å². The molecule has 1 aliphatic carbocycles. The number of nitrogens with one attached hydrogen (secondary N) is 2. The van der Waals surface area contributed by atoms with E-state index in [1.807, 2.05) is 13.8 Å². The van der Waals surface area contributed by atoms with Gasteiger partial charge in [0.05, 0.1) is 39.5 Å². The predicted molar refractivity (Wildman–Crippen MR) is 136 cm³/mol. The van der Waals surface area contributed by atoms with Crippen LogP contribution in [0.3, 0.4) is 0 Å². The zero-order valence-electron chi connectivity index (χ0n) is 21.6. The van der Waals surface area contributed by atoms with Crippen molar-refractivity contribution in [1.29, 1.82) is 0 Å². The van der Waals surface area contributed by atoms with Crippen molar-refractivity contribution >= 4 is 17.5 Å². The first kappa shape index (κ1) is 27.2. The van der Waals surface area contributed by atoms with E-state index in [0.29, 0.717) is 36.9 Å². The fraction of sp³-hybridized carbons (Fsp3) is 0.692. The molecule has 2 N–H and O–H groups in total. The summed E-state index contributed by atoms with van der Waals surface area (Å²) in [4.78, 5) is 29.5. The Balaban J connectivity index is 1.47. The van der Waals surface area contributed by atoms with Crippen LogP contribution in [0.1, 0.15) is 46.0 Å². The second-order valence-electron chi connectivity index (χ2n) is 9.41. The molecule has 0 spiro atoms. The summed E-state index contributed by atoms with van der Waals surface area (Å²) in [6.07, 6.45) is 5.88. The summed E-state index contributed by atoms with van der Waals surface area (Å²) < 4.78 is 16.7. The van der Waals surface area contributed by atoms with E-state index in [2.05, 4.69) is 15.5 Å². The zero-order valence-corrected chi connectivity index (χ0v) is 21.6. The van der Waals surface area contributed by atoms with Crippen molar-refractivity contribution in [2.24, 2.45) is 0 Å². The Bertz CT molecular complexity index is 822. The van der Waals surface area contributed by atoms with Crippen LogP contribution in [-0.4, -0.2) is 93.4 Å². The molecule has 1 heterocycles. The highest BCUT2D eigenvalue weighted by molar-refractivity contribution is 5.93. The second-order valence-corrected chi connectivity index (χ2v) is 9.41. The van der Waals surface area contributed by atoms with Crippen molar-refractivity contribution in [2.75, 3.05) is 71.5 Å². The molecule has 0 atom stereocenters. The molecule has 3 rings (SSSR count). The lowest BCUT2D eigenvalue weighted by atomic mass is 9.79. The smallest absolute Gasteiger partial charge is 0.238 e. The summed E-state index contributed by atoms with van der Waals surface area (Å²) in [5.74, 6) is 0.993. The molecule has 1 aliphatic heterocycles. The van der Waals surface area contributed by atoms with Crippen LogP contribution < -0.4 is 20.1 Å². The molecule has 0 unspecified atom stereocenters. The lowest BCUT2D eigenvalue weighted by Crippen LogP contribution is -2.60. The van der Waals surface area contributed by atoms with E-state index in [9.17, 15) is 9.59 Å². The van der Waals surface area contributed by atoms with Crippen LogP contribution >= 0.6 is 0 Å². The van der Waals surface area contributed by atoms with E-state index in [1.165, 1.54) is 19.3 Å². The van der Waals surface area contributed by atoms with Crippen LogP contribution in [0, 0.1) is 0 Å². The van der Waals surface area contributed by atoms with E-state index in [4.69, 9.17) is 14.2 Å². The van der Waals surface area contributed by atoms with Gasteiger partial charge in [-0.2, -0.15) is 0 Å². The maximum Gasteiger partial charge on any atom is 0.238 e. The van der Waals surface area contributed by atoms with Gasteiger partial charge in [-0.05, 0) is 45.9 Å². The molecule has 2 aliphatic rings. The Morgan fingerprint density at radius 2 is 1.66 bits per heavy atom. The average Bonchev–Trinajstić information content (AvgIpc) is 2.85. The van der Waals surface area contributed by atoms with Gasteiger partial charge in [0.15, 0.2) is 11.5 Å². The maximum absolute atomic E-state index is 12.7. The van der Waals surface area contributed by atoms with Gasteiger partial charge in [-0.25, -0.2) is 0 Å². The van der Waals surface area contributed by atoms with E-state index in [0.717, 1.165) is 39.1 Å². The summed E-state index contributed by atoms with van der Waals surface area (Å²) in [6.45, 7) is 9.14. The molecule has 0 aromatic heterocycles. The molecule has 2 fully saturated rings. The Morgan fingerprint density at radius 1 is 1.00 bits per heavy atom. The molecule has 2 amide bonds. The quantitative estimate of drug-likeness (QED) is 0.465. The molecule has 1 aromatic rings. The van der Waals surface area contributed by atoms with Gasteiger partial charge in [0.1, 0.15) is 0 Å². The van der Waals surface area contributed by atoms with Gasteiger partial charge in [0.25, 0.3) is 0 Å². The minimum absolute atomic E-state index is 0.0273. The number of likely N-dealkylation sites (N-methyl/N-ethyl adjacent to an activating group) is 1. The molecular formula is C26H42N4O5. The van der Waals surface area contributed by atoms with Gasteiger partial charge in [-0.1, -0.05) is 19.3 Å². The highest BCUT2D eigenvalue weighted by Gasteiger charge is 2.38. The molecule has 9 heteroatoms. The molecule has 0 bridgehead atoms. The minimum Gasteiger partial charge on any atom is -0.490 e. The molecule has 9 nitrogen and oxygen atoms in total. The highest BCUT2D eigenvalue weighted by Crippen LogP contribution is 2.34. The van der Waals surface area contributed by atoms with Crippen molar-refractivity contribution in [3.8, 4) is 11.5 Å². The fourth-order valence-electron chi connectivity index (χ4n) is 5.05. The van der Waals surface area contributed by atoms with Crippen molar-refractivity contribution in [3.63, 3.8) is 0 Å². The van der Waals surface area contributed by atoms with Crippen LogP contribution in [-0.2, 0) is 14.3 Å². The molecule has 1 saturated heterocycles. The largest absolute Gasteiger partial charge is 0.490 e.